The van der Waals surface area contributed by atoms with E-state index in [1.807, 2.05) is 42.5 Å². The standard InChI is InChI=1S/C6H2Cl.C6H5/c7-6-2-4-1-5(4)3-6;1-2-4-6-5-3-1/h1-2H;1-5H. The number of fused-ring (bicyclic) bond motifs is 1. The summed E-state index contributed by atoms with van der Waals surface area (Å²) in [5.41, 5.74) is 2.44. The second-order valence-corrected chi connectivity index (χ2v) is 3.12. The van der Waals surface area contributed by atoms with Crippen molar-refractivity contribution in [3.63, 3.8) is 0 Å². The Morgan fingerprint density at radius 3 is 2.00 bits per heavy atom. The molecule has 0 fully saturated rings. The van der Waals surface area contributed by atoms with Gasteiger partial charge in [-0.3, -0.25) is 0 Å². The van der Waals surface area contributed by atoms with Crippen molar-refractivity contribution in [2.75, 3.05) is 0 Å². The summed E-state index contributed by atoms with van der Waals surface area (Å²) in [6.07, 6.45) is 0. The minimum Gasteiger partial charge on any atom is -0.0836 e. The first kappa shape index (κ1) is 8.33. The van der Waals surface area contributed by atoms with E-state index in [0.717, 1.165) is 5.02 Å². The van der Waals surface area contributed by atoms with Crippen molar-refractivity contribution in [2.24, 2.45) is 0 Å². The van der Waals surface area contributed by atoms with E-state index in [9.17, 15) is 0 Å². The lowest BCUT2D eigenvalue weighted by molar-refractivity contribution is 1.70. The summed E-state index contributed by atoms with van der Waals surface area (Å²) >= 11 is 5.53. The highest BCUT2D eigenvalue weighted by Gasteiger charge is 2.12. The molecular weight excluding hydrogens is 180 g/mol. The maximum Gasteiger partial charge on any atom is 0.0497 e. The molecular formula is C12H7Cl. The monoisotopic (exact) mass is 186 g/mol. The number of halogens is 1. The third-order valence-corrected chi connectivity index (χ3v) is 1.87. The van der Waals surface area contributed by atoms with E-state index in [1.165, 1.54) is 11.1 Å². The molecule has 0 aliphatic heterocycles. The molecule has 0 heterocycles. The molecule has 0 saturated heterocycles. The Bertz CT molecular complexity index is 346. The highest BCUT2D eigenvalue weighted by Crippen LogP contribution is 2.37. The zero-order valence-corrected chi connectivity index (χ0v) is 7.68. The van der Waals surface area contributed by atoms with Crippen molar-refractivity contribution in [1.82, 2.24) is 0 Å². The van der Waals surface area contributed by atoms with Crippen LogP contribution < -0.4 is 0 Å². The largest absolute Gasteiger partial charge is 0.0836 e. The fourth-order valence-electron chi connectivity index (χ4n) is 0.990. The zero-order valence-electron chi connectivity index (χ0n) is 6.92. The van der Waals surface area contributed by atoms with Crippen LogP contribution >= 0.6 is 11.6 Å². The lowest BCUT2D eigenvalue weighted by Crippen LogP contribution is -1.49. The first-order valence-electron chi connectivity index (χ1n) is 4.00. The van der Waals surface area contributed by atoms with Crippen LogP contribution in [-0.4, -0.2) is 0 Å². The predicted octanol–water partition coefficient (Wildman–Crippen LogP) is 3.61. The molecule has 1 aromatic carbocycles. The molecule has 2 aliphatic carbocycles. The van der Waals surface area contributed by atoms with E-state index in [4.69, 9.17) is 11.6 Å². The predicted molar refractivity (Wildman–Crippen MR) is 54.6 cm³/mol. The van der Waals surface area contributed by atoms with Gasteiger partial charge in [0.15, 0.2) is 0 Å². The van der Waals surface area contributed by atoms with Gasteiger partial charge in [-0.2, -0.15) is 0 Å². The van der Waals surface area contributed by atoms with Crippen LogP contribution in [0.3, 0.4) is 0 Å². The lowest BCUT2D eigenvalue weighted by atomic mass is 10.4. The minimum atomic E-state index is 0.743. The van der Waals surface area contributed by atoms with Crippen molar-refractivity contribution in [3.8, 4) is 11.1 Å². The Balaban J connectivity index is 0.000000102. The van der Waals surface area contributed by atoms with Gasteiger partial charge in [0.25, 0.3) is 0 Å². The van der Waals surface area contributed by atoms with Gasteiger partial charge in [0, 0.05) is 11.1 Å². The van der Waals surface area contributed by atoms with Gasteiger partial charge in [-0.1, -0.05) is 41.9 Å². The molecule has 0 aromatic heterocycles. The summed E-state index contributed by atoms with van der Waals surface area (Å²) in [4.78, 5) is 0. The van der Waals surface area contributed by atoms with Gasteiger partial charge in [0.05, 0.1) is 0 Å². The van der Waals surface area contributed by atoms with Gasteiger partial charge in [-0.25, -0.2) is 0 Å². The maximum absolute atomic E-state index is 5.53. The SMILES string of the molecule is Clc1[c]c2cc-2c1.[c]1ccccc1. The van der Waals surface area contributed by atoms with Crippen LogP contribution in [0, 0.1) is 12.1 Å². The van der Waals surface area contributed by atoms with Crippen molar-refractivity contribution < 1.29 is 0 Å². The van der Waals surface area contributed by atoms with Crippen LogP contribution in [0.1, 0.15) is 0 Å². The topological polar surface area (TPSA) is 0 Å². The summed E-state index contributed by atoms with van der Waals surface area (Å²) in [5.74, 6) is 0. The second kappa shape index (κ2) is 3.63. The van der Waals surface area contributed by atoms with Gasteiger partial charge < -0.3 is 0 Å². The van der Waals surface area contributed by atoms with Gasteiger partial charge in [-0.15, -0.1) is 0 Å². The Labute approximate surface area is 82.8 Å². The van der Waals surface area contributed by atoms with E-state index in [1.54, 1.807) is 0 Å². The first-order chi connectivity index (χ1) is 6.36. The molecule has 1 aromatic rings. The summed E-state index contributed by atoms with van der Waals surface area (Å²) < 4.78 is 0. The highest BCUT2D eigenvalue weighted by atomic mass is 35.5. The van der Waals surface area contributed by atoms with Gasteiger partial charge >= 0.3 is 0 Å². The summed E-state index contributed by atoms with van der Waals surface area (Å²) in [7, 11) is 0. The molecule has 13 heavy (non-hydrogen) atoms. The summed E-state index contributed by atoms with van der Waals surface area (Å²) in [6.45, 7) is 0. The van der Waals surface area contributed by atoms with Crippen LogP contribution in [0.15, 0.2) is 42.5 Å². The third-order valence-electron chi connectivity index (χ3n) is 1.67. The van der Waals surface area contributed by atoms with Crippen LogP contribution in [0.25, 0.3) is 11.1 Å². The van der Waals surface area contributed by atoms with Gasteiger partial charge in [0.1, 0.15) is 0 Å². The summed E-state index contributed by atoms with van der Waals surface area (Å²) in [5, 5.41) is 0.743. The molecule has 1 heteroatoms. The molecule has 2 aliphatic rings. The van der Waals surface area contributed by atoms with Crippen molar-refractivity contribution in [3.05, 3.63) is 59.6 Å². The van der Waals surface area contributed by atoms with Crippen LogP contribution in [0.5, 0.6) is 0 Å². The Hall–Kier alpha value is -1.27. The average molecular weight is 187 g/mol. The first-order valence-corrected chi connectivity index (χ1v) is 4.38. The Kier molecular flexibility index (Phi) is 2.33. The molecule has 0 amide bonds. The van der Waals surface area contributed by atoms with Crippen molar-refractivity contribution in [1.29, 1.82) is 0 Å². The number of rotatable bonds is 0. The molecule has 0 bridgehead atoms. The van der Waals surface area contributed by atoms with E-state index in [2.05, 4.69) is 12.1 Å². The average Bonchev–Trinajstić information content (AvgIpc) is 2.78. The van der Waals surface area contributed by atoms with Crippen LogP contribution in [0.4, 0.5) is 0 Å². The molecule has 0 unspecified atom stereocenters. The molecule has 3 rings (SSSR count). The van der Waals surface area contributed by atoms with Gasteiger partial charge in [-0.05, 0) is 29.3 Å². The normalized spacial score (nSPS) is 9.92. The highest BCUT2D eigenvalue weighted by molar-refractivity contribution is 6.31. The van der Waals surface area contributed by atoms with Crippen LogP contribution in [-0.2, 0) is 0 Å². The molecule has 0 spiro atoms. The second-order valence-electron chi connectivity index (χ2n) is 2.71. The van der Waals surface area contributed by atoms with E-state index < -0.39 is 0 Å². The van der Waals surface area contributed by atoms with Crippen molar-refractivity contribution >= 4 is 11.6 Å². The van der Waals surface area contributed by atoms with Gasteiger partial charge in [0.2, 0.25) is 0 Å². The fourth-order valence-corrected chi connectivity index (χ4v) is 1.21. The van der Waals surface area contributed by atoms with E-state index in [-0.39, 0.29) is 0 Å². The molecule has 2 radical (unpaired) electrons. The third kappa shape index (κ3) is 2.33. The molecule has 0 N–H and O–H groups in total. The number of hydrogen-bond acceptors (Lipinski definition) is 0. The quantitative estimate of drug-likeness (QED) is 0.503. The fraction of sp³-hybridized carbons (Fsp3) is 0. The lowest BCUT2D eigenvalue weighted by Gasteiger charge is -1.68. The Morgan fingerprint density at radius 2 is 1.77 bits per heavy atom. The number of hydrogen-bond donors (Lipinski definition) is 0. The minimum absolute atomic E-state index is 0.743. The summed E-state index contributed by atoms with van der Waals surface area (Å²) in [6, 6.07) is 19.4. The molecule has 0 atom stereocenters. The Morgan fingerprint density at radius 1 is 1.00 bits per heavy atom. The zero-order chi connectivity index (χ0) is 9.10. The number of benzene rings is 2. The molecule has 0 saturated carbocycles. The van der Waals surface area contributed by atoms with E-state index in [0.29, 0.717) is 0 Å². The van der Waals surface area contributed by atoms with Crippen molar-refractivity contribution in [2.45, 2.75) is 0 Å². The molecule has 0 nitrogen and oxygen atoms in total. The maximum atomic E-state index is 5.53. The smallest absolute Gasteiger partial charge is 0.0497 e. The van der Waals surface area contributed by atoms with Crippen LogP contribution in [0.2, 0.25) is 5.02 Å². The molecule has 62 valence electrons. The van der Waals surface area contributed by atoms with E-state index >= 15 is 0 Å².